The van der Waals surface area contributed by atoms with Gasteiger partial charge in [-0.05, 0) is 68.2 Å². The lowest BCUT2D eigenvalue weighted by atomic mass is 10.0. The molecule has 1 heterocycles. The molecule has 2 aromatic carbocycles. The summed E-state index contributed by atoms with van der Waals surface area (Å²) in [4.78, 5) is 26.1. The number of hydrogen-bond acceptors (Lipinski definition) is 3. The summed E-state index contributed by atoms with van der Waals surface area (Å²) in [5, 5.41) is 9.25. The lowest BCUT2D eigenvalue weighted by Crippen LogP contribution is -3.00. The number of likely N-dealkylation sites (tertiary alicyclic amines) is 1. The SMILES string of the molecule is C[N+](C)(C)CCCCc1ccc(OC[C@@H]2C[C@@H](CC(=O)O)C(=O)N2CCCCc2ccccc2)cc1.[Cl-]. The van der Waals surface area contributed by atoms with Crippen molar-refractivity contribution in [1.82, 2.24) is 4.90 Å². The lowest BCUT2D eigenvalue weighted by Gasteiger charge is -2.25. The molecule has 0 aliphatic carbocycles. The van der Waals surface area contributed by atoms with E-state index < -0.39 is 11.9 Å². The molecule has 0 saturated carbocycles. The predicted molar refractivity (Wildman–Crippen MR) is 143 cm³/mol. The van der Waals surface area contributed by atoms with E-state index in [1.165, 1.54) is 30.5 Å². The molecule has 0 unspecified atom stereocenters. The molecule has 37 heavy (non-hydrogen) atoms. The predicted octanol–water partition coefficient (Wildman–Crippen LogP) is 1.81. The van der Waals surface area contributed by atoms with Crippen molar-refractivity contribution in [3.63, 3.8) is 0 Å². The number of hydrogen-bond donors (Lipinski definition) is 1. The molecule has 2 aromatic rings. The summed E-state index contributed by atoms with van der Waals surface area (Å²) in [5.74, 6) is -0.631. The van der Waals surface area contributed by atoms with Gasteiger partial charge in [-0.15, -0.1) is 0 Å². The van der Waals surface area contributed by atoms with Gasteiger partial charge in [0.2, 0.25) is 5.91 Å². The van der Waals surface area contributed by atoms with Crippen molar-refractivity contribution in [3.05, 3.63) is 65.7 Å². The lowest BCUT2D eigenvalue weighted by molar-refractivity contribution is -0.870. The zero-order valence-corrected chi connectivity index (χ0v) is 23.3. The molecular formula is C30H43ClN2O4. The van der Waals surface area contributed by atoms with E-state index in [4.69, 9.17) is 4.74 Å². The third kappa shape index (κ3) is 10.7. The molecule has 0 spiro atoms. The van der Waals surface area contributed by atoms with Crippen LogP contribution in [0.1, 0.15) is 49.7 Å². The molecule has 3 rings (SSSR count). The number of unbranched alkanes of at least 4 members (excludes halogenated alkanes) is 2. The number of rotatable bonds is 15. The first kappa shape index (κ1) is 30.7. The van der Waals surface area contributed by atoms with Gasteiger partial charge >= 0.3 is 5.97 Å². The number of quaternary nitrogens is 1. The van der Waals surface area contributed by atoms with Crippen LogP contribution >= 0.6 is 0 Å². The molecule has 1 fully saturated rings. The Morgan fingerprint density at radius 2 is 1.57 bits per heavy atom. The number of carboxylic acid groups (broad SMARTS) is 1. The number of aliphatic carboxylic acids is 1. The molecule has 0 radical (unpaired) electrons. The van der Waals surface area contributed by atoms with Gasteiger partial charge < -0.3 is 31.6 Å². The molecule has 204 valence electrons. The number of nitrogens with zero attached hydrogens (tertiary/aromatic N) is 2. The maximum Gasteiger partial charge on any atom is 0.304 e. The van der Waals surface area contributed by atoms with Crippen LogP contribution in [0.25, 0.3) is 0 Å². The van der Waals surface area contributed by atoms with Gasteiger partial charge in [-0.25, -0.2) is 0 Å². The van der Waals surface area contributed by atoms with Crippen LogP contribution in [0, 0.1) is 5.92 Å². The monoisotopic (exact) mass is 530 g/mol. The Hall–Kier alpha value is -2.57. The number of benzene rings is 2. The Morgan fingerprint density at radius 1 is 0.946 bits per heavy atom. The summed E-state index contributed by atoms with van der Waals surface area (Å²) in [6.07, 6.45) is 6.71. The quantitative estimate of drug-likeness (QED) is 0.282. The van der Waals surface area contributed by atoms with Gasteiger partial charge in [0.25, 0.3) is 0 Å². The summed E-state index contributed by atoms with van der Waals surface area (Å²) in [5.41, 5.74) is 2.60. The van der Waals surface area contributed by atoms with E-state index in [9.17, 15) is 14.7 Å². The fourth-order valence-corrected chi connectivity index (χ4v) is 4.92. The van der Waals surface area contributed by atoms with E-state index in [1.54, 1.807) is 0 Å². The van der Waals surface area contributed by atoms with Crippen molar-refractivity contribution < 1.29 is 36.3 Å². The van der Waals surface area contributed by atoms with Crippen LogP contribution in [0.5, 0.6) is 5.75 Å². The highest BCUT2D eigenvalue weighted by molar-refractivity contribution is 5.85. The second kappa shape index (κ2) is 15.0. The van der Waals surface area contributed by atoms with Gasteiger partial charge in [-0.2, -0.15) is 0 Å². The van der Waals surface area contributed by atoms with E-state index in [0.29, 0.717) is 19.6 Å². The van der Waals surface area contributed by atoms with Crippen LogP contribution in [0.3, 0.4) is 0 Å². The zero-order valence-electron chi connectivity index (χ0n) is 22.6. The van der Waals surface area contributed by atoms with Crippen molar-refractivity contribution in [1.29, 1.82) is 0 Å². The molecule has 6 nitrogen and oxygen atoms in total. The van der Waals surface area contributed by atoms with Gasteiger partial charge in [-0.1, -0.05) is 42.5 Å². The largest absolute Gasteiger partial charge is 1.00 e. The minimum Gasteiger partial charge on any atom is -1.00 e. The van der Waals surface area contributed by atoms with Crippen LogP contribution in [0.15, 0.2) is 54.6 Å². The highest BCUT2D eigenvalue weighted by atomic mass is 35.5. The van der Waals surface area contributed by atoms with Gasteiger partial charge in [-0.3, -0.25) is 9.59 Å². The molecule has 1 saturated heterocycles. The van der Waals surface area contributed by atoms with Gasteiger partial charge in [0.05, 0.1) is 46.1 Å². The van der Waals surface area contributed by atoms with Gasteiger partial charge in [0.1, 0.15) is 12.4 Å². The Balaban J connectivity index is 0.00000481. The van der Waals surface area contributed by atoms with E-state index in [2.05, 4.69) is 45.4 Å². The molecular weight excluding hydrogens is 488 g/mol. The highest BCUT2D eigenvalue weighted by Crippen LogP contribution is 2.29. The Labute approximate surface area is 228 Å². The van der Waals surface area contributed by atoms with Crippen LogP contribution in [-0.2, 0) is 22.4 Å². The van der Waals surface area contributed by atoms with Crippen LogP contribution in [0.4, 0.5) is 0 Å². The fourth-order valence-electron chi connectivity index (χ4n) is 4.92. The first-order chi connectivity index (χ1) is 17.2. The second-order valence-electron chi connectivity index (χ2n) is 11.1. The number of halogens is 1. The molecule has 1 amide bonds. The van der Waals surface area contributed by atoms with E-state index in [0.717, 1.165) is 35.9 Å². The number of carboxylic acids is 1. The molecule has 2 atom stereocenters. The molecule has 1 N–H and O–H groups in total. The second-order valence-corrected chi connectivity index (χ2v) is 11.1. The molecule has 0 aromatic heterocycles. The number of ether oxygens (including phenoxy) is 1. The average molecular weight is 531 g/mol. The summed E-state index contributed by atoms with van der Waals surface area (Å²) in [6.45, 7) is 2.21. The van der Waals surface area contributed by atoms with Crippen molar-refractivity contribution in [2.75, 3.05) is 40.8 Å². The van der Waals surface area contributed by atoms with E-state index >= 15 is 0 Å². The van der Waals surface area contributed by atoms with Crippen molar-refractivity contribution in [2.45, 2.75) is 57.4 Å². The number of aryl methyl sites for hydroxylation is 2. The maximum atomic E-state index is 13.0. The topological polar surface area (TPSA) is 66.8 Å². The zero-order chi connectivity index (χ0) is 26.0. The molecule has 0 bridgehead atoms. The first-order valence-corrected chi connectivity index (χ1v) is 13.3. The van der Waals surface area contributed by atoms with E-state index in [-0.39, 0.29) is 30.8 Å². The summed E-state index contributed by atoms with van der Waals surface area (Å²) < 4.78 is 7.07. The average Bonchev–Trinajstić information content (AvgIpc) is 3.12. The number of carbonyl (C=O) groups excluding carboxylic acids is 1. The van der Waals surface area contributed by atoms with Crippen LogP contribution in [0.2, 0.25) is 0 Å². The Morgan fingerprint density at radius 3 is 2.19 bits per heavy atom. The summed E-state index contributed by atoms with van der Waals surface area (Å²) in [7, 11) is 6.67. The molecule has 1 aliphatic heterocycles. The Bertz CT molecular complexity index is 960. The summed E-state index contributed by atoms with van der Waals surface area (Å²) >= 11 is 0. The van der Waals surface area contributed by atoms with Crippen LogP contribution < -0.4 is 17.1 Å². The number of carbonyl (C=O) groups is 2. The van der Waals surface area contributed by atoms with Crippen LogP contribution in [-0.4, -0.2) is 73.2 Å². The number of amides is 1. The third-order valence-electron chi connectivity index (χ3n) is 6.92. The smallest absolute Gasteiger partial charge is 0.304 e. The first-order valence-electron chi connectivity index (χ1n) is 13.3. The summed E-state index contributed by atoms with van der Waals surface area (Å²) in [6, 6.07) is 18.5. The third-order valence-corrected chi connectivity index (χ3v) is 6.92. The standard InChI is InChI=1S/C30H42N2O4.ClH/c1-32(2,3)20-10-8-14-25-15-17-28(18-16-25)36-23-27-21-26(22-29(33)34)30(35)31(27)19-9-7-13-24-11-5-4-6-12-24;/h4-6,11-12,15-18,26-27H,7-10,13-14,19-23H2,1-3H3;1H/t26-,27-;/m0./s1. The molecule has 7 heteroatoms. The maximum absolute atomic E-state index is 13.0. The van der Waals surface area contributed by atoms with Crippen molar-refractivity contribution >= 4 is 11.9 Å². The molecule has 1 aliphatic rings. The van der Waals surface area contributed by atoms with E-state index in [1.807, 2.05) is 35.2 Å². The highest BCUT2D eigenvalue weighted by Gasteiger charge is 2.40. The Kier molecular flexibility index (Phi) is 12.4. The fraction of sp³-hybridized carbons (Fsp3) is 0.533. The van der Waals surface area contributed by atoms with Gasteiger partial charge in [0, 0.05) is 6.54 Å². The minimum absolute atomic E-state index is 0. The van der Waals surface area contributed by atoms with Gasteiger partial charge in [0.15, 0.2) is 0 Å². The van der Waals surface area contributed by atoms with Crippen molar-refractivity contribution in [2.24, 2.45) is 5.92 Å². The minimum atomic E-state index is -0.920. The normalized spacial score (nSPS) is 17.5. The van der Waals surface area contributed by atoms with Crippen molar-refractivity contribution in [3.8, 4) is 5.75 Å².